The fraction of sp³-hybridized carbons (Fsp3) is 0.421. The zero-order valence-electron chi connectivity index (χ0n) is 14.9. The standard InChI is InChI=1S/C19H22N2O5/c1-12-17(13(2)26-20-12)11-25-16-5-3-14(4-6-16)9-18(22)21-8-7-15(10-21)19(23)24/h3-6,15H,7-11H2,1-2H3,(H,23,24). The van der Waals surface area contributed by atoms with Gasteiger partial charge in [0.25, 0.3) is 0 Å². The number of benzene rings is 1. The molecule has 0 bridgehead atoms. The summed E-state index contributed by atoms with van der Waals surface area (Å²) in [7, 11) is 0. The van der Waals surface area contributed by atoms with E-state index in [0.717, 1.165) is 22.6 Å². The number of likely N-dealkylation sites (tertiary alicyclic amines) is 1. The Labute approximate surface area is 151 Å². The Morgan fingerprint density at radius 2 is 2.04 bits per heavy atom. The smallest absolute Gasteiger partial charge is 0.308 e. The SMILES string of the molecule is Cc1noc(C)c1COc1ccc(CC(=O)N2CCC(C(=O)O)C2)cc1. The molecule has 1 amide bonds. The molecule has 1 N–H and O–H groups in total. The van der Waals surface area contributed by atoms with Crippen LogP contribution in [0.3, 0.4) is 0 Å². The second-order valence-corrected chi connectivity index (χ2v) is 6.58. The first-order chi connectivity index (χ1) is 12.4. The summed E-state index contributed by atoms with van der Waals surface area (Å²) in [4.78, 5) is 24.9. The molecule has 0 spiro atoms. The molecule has 138 valence electrons. The van der Waals surface area contributed by atoms with Crippen LogP contribution in [0.25, 0.3) is 0 Å². The predicted octanol–water partition coefficient (Wildman–Crippen LogP) is 2.35. The average molecular weight is 358 g/mol. The van der Waals surface area contributed by atoms with E-state index < -0.39 is 11.9 Å². The highest BCUT2D eigenvalue weighted by Gasteiger charge is 2.30. The van der Waals surface area contributed by atoms with Crippen LogP contribution < -0.4 is 4.74 Å². The van der Waals surface area contributed by atoms with E-state index in [0.29, 0.717) is 31.9 Å². The first-order valence-electron chi connectivity index (χ1n) is 8.58. The van der Waals surface area contributed by atoms with Crippen LogP contribution in [-0.2, 0) is 22.6 Å². The monoisotopic (exact) mass is 358 g/mol. The molecule has 1 aliphatic heterocycles. The maximum Gasteiger partial charge on any atom is 0.308 e. The Balaban J connectivity index is 1.53. The molecule has 7 heteroatoms. The minimum absolute atomic E-state index is 0.0434. The number of aryl methyl sites for hydroxylation is 2. The number of aromatic nitrogens is 1. The van der Waals surface area contributed by atoms with Crippen LogP contribution >= 0.6 is 0 Å². The van der Waals surface area contributed by atoms with Crippen molar-refractivity contribution in [1.29, 1.82) is 0 Å². The number of hydrogen-bond donors (Lipinski definition) is 1. The zero-order chi connectivity index (χ0) is 18.7. The summed E-state index contributed by atoms with van der Waals surface area (Å²) in [5.41, 5.74) is 2.62. The molecule has 1 aliphatic rings. The minimum atomic E-state index is -0.833. The molecule has 1 atom stereocenters. The summed E-state index contributed by atoms with van der Waals surface area (Å²) >= 11 is 0. The number of aliphatic carboxylic acids is 1. The van der Waals surface area contributed by atoms with Crippen LogP contribution in [0.1, 0.15) is 29.0 Å². The van der Waals surface area contributed by atoms with Crippen LogP contribution in [0.15, 0.2) is 28.8 Å². The molecule has 0 radical (unpaired) electrons. The van der Waals surface area contributed by atoms with E-state index in [1.54, 1.807) is 4.90 Å². The van der Waals surface area contributed by atoms with Gasteiger partial charge in [0.1, 0.15) is 18.1 Å². The number of nitrogens with zero attached hydrogens (tertiary/aromatic N) is 2. The Hall–Kier alpha value is -2.83. The molecule has 26 heavy (non-hydrogen) atoms. The highest BCUT2D eigenvalue weighted by Crippen LogP contribution is 2.20. The third-order valence-electron chi connectivity index (χ3n) is 4.73. The van der Waals surface area contributed by atoms with Crippen molar-refractivity contribution in [2.24, 2.45) is 5.92 Å². The van der Waals surface area contributed by atoms with Gasteiger partial charge in [0.2, 0.25) is 5.91 Å². The van der Waals surface area contributed by atoms with Gasteiger partial charge >= 0.3 is 5.97 Å². The number of carboxylic acids is 1. The fourth-order valence-electron chi connectivity index (χ4n) is 3.04. The van der Waals surface area contributed by atoms with Gasteiger partial charge in [-0.05, 0) is 38.0 Å². The van der Waals surface area contributed by atoms with E-state index in [-0.39, 0.29) is 12.3 Å². The number of hydrogen-bond acceptors (Lipinski definition) is 5. The van der Waals surface area contributed by atoms with Crippen LogP contribution in [0.4, 0.5) is 0 Å². The molecule has 2 aromatic rings. The molecular weight excluding hydrogens is 336 g/mol. The zero-order valence-corrected chi connectivity index (χ0v) is 14.9. The van der Waals surface area contributed by atoms with Gasteiger partial charge in [-0.15, -0.1) is 0 Å². The molecule has 1 unspecified atom stereocenters. The Bertz CT molecular complexity index is 777. The molecule has 2 heterocycles. The summed E-state index contributed by atoms with van der Waals surface area (Å²) in [5.74, 6) is 0.126. The molecule has 0 aliphatic carbocycles. The third kappa shape index (κ3) is 4.04. The van der Waals surface area contributed by atoms with Crippen LogP contribution in [-0.4, -0.2) is 40.1 Å². The molecule has 1 fully saturated rings. The molecule has 1 aromatic heterocycles. The van der Waals surface area contributed by atoms with E-state index in [2.05, 4.69) is 5.16 Å². The predicted molar refractivity (Wildman–Crippen MR) is 92.8 cm³/mol. The average Bonchev–Trinajstić information content (AvgIpc) is 3.22. The van der Waals surface area contributed by atoms with Crippen molar-refractivity contribution in [1.82, 2.24) is 10.1 Å². The van der Waals surface area contributed by atoms with Crippen molar-refractivity contribution in [3.8, 4) is 5.75 Å². The number of rotatable bonds is 6. The second kappa shape index (κ2) is 7.59. The van der Waals surface area contributed by atoms with Gasteiger partial charge in [-0.2, -0.15) is 0 Å². The van der Waals surface area contributed by atoms with Gasteiger partial charge < -0.3 is 19.3 Å². The second-order valence-electron chi connectivity index (χ2n) is 6.58. The summed E-state index contributed by atoms with van der Waals surface area (Å²) in [6, 6.07) is 7.35. The van der Waals surface area contributed by atoms with E-state index in [1.165, 1.54) is 0 Å². The summed E-state index contributed by atoms with van der Waals surface area (Å²) in [6.07, 6.45) is 0.784. The summed E-state index contributed by atoms with van der Waals surface area (Å²) in [6.45, 7) is 4.91. The Morgan fingerprint density at radius 1 is 1.31 bits per heavy atom. The lowest BCUT2D eigenvalue weighted by molar-refractivity contribution is -0.141. The van der Waals surface area contributed by atoms with Crippen LogP contribution in [0.2, 0.25) is 0 Å². The Morgan fingerprint density at radius 3 is 2.62 bits per heavy atom. The van der Waals surface area contributed by atoms with Gasteiger partial charge in [0.05, 0.1) is 23.6 Å². The first kappa shape index (κ1) is 18.0. The lowest BCUT2D eigenvalue weighted by Gasteiger charge is -2.16. The van der Waals surface area contributed by atoms with Crippen LogP contribution in [0.5, 0.6) is 5.75 Å². The van der Waals surface area contributed by atoms with Crippen molar-refractivity contribution >= 4 is 11.9 Å². The minimum Gasteiger partial charge on any atom is -0.489 e. The van der Waals surface area contributed by atoms with E-state index in [4.69, 9.17) is 14.4 Å². The number of carboxylic acid groups (broad SMARTS) is 1. The van der Waals surface area contributed by atoms with E-state index in [1.807, 2.05) is 38.1 Å². The highest BCUT2D eigenvalue weighted by atomic mass is 16.5. The fourth-order valence-corrected chi connectivity index (χ4v) is 3.04. The van der Waals surface area contributed by atoms with Gasteiger partial charge in [0.15, 0.2) is 0 Å². The normalized spacial score (nSPS) is 16.7. The van der Waals surface area contributed by atoms with Gasteiger partial charge in [0, 0.05) is 13.1 Å². The molecule has 1 aromatic carbocycles. The van der Waals surface area contributed by atoms with Gasteiger partial charge in [-0.25, -0.2) is 0 Å². The van der Waals surface area contributed by atoms with Gasteiger partial charge in [-0.1, -0.05) is 17.3 Å². The van der Waals surface area contributed by atoms with E-state index >= 15 is 0 Å². The lowest BCUT2D eigenvalue weighted by atomic mass is 10.1. The maximum atomic E-state index is 12.3. The molecular formula is C19H22N2O5. The molecule has 3 rings (SSSR count). The first-order valence-corrected chi connectivity index (χ1v) is 8.58. The van der Waals surface area contributed by atoms with Gasteiger partial charge in [-0.3, -0.25) is 9.59 Å². The maximum absolute atomic E-state index is 12.3. The number of carbonyl (C=O) groups is 2. The van der Waals surface area contributed by atoms with Crippen molar-refractivity contribution in [2.75, 3.05) is 13.1 Å². The summed E-state index contributed by atoms with van der Waals surface area (Å²) < 4.78 is 10.9. The Kier molecular flexibility index (Phi) is 5.25. The van der Waals surface area contributed by atoms with Crippen molar-refractivity contribution in [3.05, 3.63) is 46.8 Å². The third-order valence-corrected chi connectivity index (χ3v) is 4.73. The van der Waals surface area contributed by atoms with E-state index in [9.17, 15) is 9.59 Å². The largest absolute Gasteiger partial charge is 0.489 e. The highest BCUT2D eigenvalue weighted by molar-refractivity contribution is 5.80. The lowest BCUT2D eigenvalue weighted by Crippen LogP contribution is -2.31. The van der Waals surface area contributed by atoms with Crippen molar-refractivity contribution in [2.45, 2.75) is 33.3 Å². The quantitative estimate of drug-likeness (QED) is 0.852. The number of ether oxygens (including phenoxy) is 1. The molecule has 0 saturated carbocycles. The molecule has 7 nitrogen and oxygen atoms in total. The van der Waals surface area contributed by atoms with Crippen molar-refractivity contribution < 1.29 is 24.0 Å². The number of amides is 1. The van der Waals surface area contributed by atoms with Crippen molar-refractivity contribution in [3.63, 3.8) is 0 Å². The number of carbonyl (C=O) groups excluding carboxylic acids is 1. The summed E-state index contributed by atoms with van der Waals surface area (Å²) in [5, 5.41) is 12.9. The topological polar surface area (TPSA) is 92.9 Å². The van der Waals surface area contributed by atoms with Crippen LogP contribution in [0, 0.1) is 19.8 Å². The molecule has 1 saturated heterocycles.